The van der Waals surface area contributed by atoms with Crippen LogP contribution in [0.1, 0.15) is 18.1 Å². The number of hydrogen-bond donors (Lipinski definition) is 1. The van der Waals surface area contributed by atoms with Gasteiger partial charge >= 0.3 is 5.97 Å². The SMILES string of the molecule is CC1(C(=O)O)C=Cc2ccccc2C1. The Bertz CT molecular complexity index is 407. The molecule has 1 aliphatic rings. The maximum absolute atomic E-state index is 11.0. The van der Waals surface area contributed by atoms with E-state index in [1.807, 2.05) is 30.3 Å². The molecule has 0 saturated carbocycles. The maximum atomic E-state index is 11.0. The Morgan fingerprint density at radius 2 is 2.14 bits per heavy atom. The predicted molar refractivity (Wildman–Crippen MR) is 54.9 cm³/mol. The van der Waals surface area contributed by atoms with Crippen molar-refractivity contribution in [3.05, 3.63) is 41.5 Å². The lowest BCUT2D eigenvalue weighted by atomic mass is 9.78. The van der Waals surface area contributed by atoms with Gasteiger partial charge in [-0.3, -0.25) is 4.79 Å². The summed E-state index contributed by atoms with van der Waals surface area (Å²) in [6.07, 6.45) is 4.25. The quantitative estimate of drug-likeness (QED) is 0.734. The van der Waals surface area contributed by atoms with Crippen LogP contribution in [0, 0.1) is 5.41 Å². The van der Waals surface area contributed by atoms with Gasteiger partial charge in [0.2, 0.25) is 0 Å². The number of hydrogen-bond acceptors (Lipinski definition) is 1. The van der Waals surface area contributed by atoms with Gasteiger partial charge < -0.3 is 5.11 Å². The van der Waals surface area contributed by atoms with Crippen molar-refractivity contribution in [1.29, 1.82) is 0 Å². The van der Waals surface area contributed by atoms with E-state index in [9.17, 15) is 4.79 Å². The van der Waals surface area contributed by atoms with Crippen molar-refractivity contribution >= 4 is 12.0 Å². The third-order valence-corrected chi connectivity index (χ3v) is 2.73. The molecule has 2 rings (SSSR count). The highest BCUT2D eigenvalue weighted by atomic mass is 16.4. The Morgan fingerprint density at radius 3 is 2.86 bits per heavy atom. The number of carboxylic acids is 1. The molecule has 0 saturated heterocycles. The molecule has 0 aromatic heterocycles. The summed E-state index contributed by atoms with van der Waals surface area (Å²) >= 11 is 0. The summed E-state index contributed by atoms with van der Waals surface area (Å²) in [6.45, 7) is 1.75. The molecule has 1 N–H and O–H groups in total. The molecule has 72 valence electrons. The second-order valence-corrected chi connectivity index (χ2v) is 3.93. The van der Waals surface area contributed by atoms with Gasteiger partial charge in [0.15, 0.2) is 0 Å². The molecular formula is C12H12O2. The number of benzene rings is 1. The second kappa shape index (κ2) is 2.98. The van der Waals surface area contributed by atoms with E-state index in [2.05, 4.69) is 0 Å². The second-order valence-electron chi connectivity index (χ2n) is 3.93. The van der Waals surface area contributed by atoms with Crippen molar-refractivity contribution in [2.24, 2.45) is 5.41 Å². The molecule has 1 aromatic carbocycles. The Morgan fingerprint density at radius 1 is 1.43 bits per heavy atom. The van der Waals surface area contributed by atoms with Crippen LogP contribution >= 0.6 is 0 Å². The largest absolute Gasteiger partial charge is 0.481 e. The number of carboxylic acid groups (broad SMARTS) is 1. The van der Waals surface area contributed by atoms with Gasteiger partial charge in [-0.2, -0.15) is 0 Å². The standard InChI is InChI=1S/C12H12O2/c1-12(11(13)14)7-6-9-4-2-3-5-10(9)8-12/h2-7H,8H2,1H3,(H,13,14). The van der Waals surface area contributed by atoms with E-state index in [1.165, 1.54) is 0 Å². The lowest BCUT2D eigenvalue weighted by Crippen LogP contribution is -2.29. The Labute approximate surface area is 82.9 Å². The molecular weight excluding hydrogens is 176 g/mol. The highest BCUT2D eigenvalue weighted by Gasteiger charge is 2.32. The average molecular weight is 188 g/mol. The highest BCUT2D eigenvalue weighted by molar-refractivity contribution is 5.80. The normalized spacial score (nSPS) is 24.4. The lowest BCUT2D eigenvalue weighted by molar-refractivity contribution is -0.145. The van der Waals surface area contributed by atoms with Gasteiger partial charge in [0.05, 0.1) is 5.41 Å². The van der Waals surface area contributed by atoms with Gasteiger partial charge in [0.1, 0.15) is 0 Å². The summed E-state index contributed by atoms with van der Waals surface area (Å²) in [5.41, 5.74) is 1.50. The van der Waals surface area contributed by atoms with Crippen LogP contribution in [-0.2, 0) is 11.2 Å². The minimum atomic E-state index is -0.761. The van der Waals surface area contributed by atoms with Crippen molar-refractivity contribution in [3.8, 4) is 0 Å². The topological polar surface area (TPSA) is 37.3 Å². The van der Waals surface area contributed by atoms with Crippen LogP contribution in [0.15, 0.2) is 30.3 Å². The Hall–Kier alpha value is -1.57. The Balaban J connectivity index is 2.43. The smallest absolute Gasteiger partial charge is 0.313 e. The number of fused-ring (bicyclic) bond motifs is 1. The molecule has 14 heavy (non-hydrogen) atoms. The zero-order valence-corrected chi connectivity index (χ0v) is 8.03. The van der Waals surface area contributed by atoms with Crippen molar-refractivity contribution in [2.45, 2.75) is 13.3 Å². The molecule has 0 spiro atoms. The monoisotopic (exact) mass is 188 g/mol. The molecule has 1 unspecified atom stereocenters. The fourth-order valence-corrected chi connectivity index (χ4v) is 1.73. The van der Waals surface area contributed by atoms with E-state index in [-0.39, 0.29) is 0 Å². The van der Waals surface area contributed by atoms with E-state index >= 15 is 0 Å². The van der Waals surface area contributed by atoms with Crippen LogP contribution in [0.5, 0.6) is 0 Å². The predicted octanol–water partition coefficient (Wildman–Crippen LogP) is 2.35. The van der Waals surface area contributed by atoms with Crippen LogP contribution in [0.25, 0.3) is 6.08 Å². The van der Waals surface area contributed by atoms with Crippen LogP contribution in [-0.4, -0.2) is 11.1 Å². The van der Waals surface area contributed by atoms with Crippen LogP contribution in [0.4, 0.5) is 0 Å². The van der Waals surface area contributed by atoms with Crippen molar-refractivity contribution in [3.63, 3.8) is 0 Å². The summed E-state index contributed by atoms with van der Waals surface area (Å²) in [6, 6.07) is 7.90. The lowest BCUT2D eigenvalue weighted by Gasteiger charge is -2.25. The van der Waals surface area contributed by atoms with E-state index in [1.54, 1.807) is 13.0 Å². The van der Waals surface area contributed by atoms with Crippen molar-refractivity contribution < 1.29 is 9.90 Å². The summed E-state index contributed by atoms with van der Waals surface area (Å²) in [4.78, 5) is 11.0. The molecule has 0 fully saturated rings. The Kier molecular flexibility index (Phi) is 1.92. The minimum Gasteiger partial charge on any atom is -0.481 e. The van der Waals surface area contributed by atoms with E-state index in [0.29, 0.717) is 6.42 Å². The van der Waals surface area contributed by atoms with E-state index in [4.69, 9.17) is 5.11 Å². The number of rotatable bonds is 1. The summed E-state index contributed by atoms with van der Waals surface area (Å²) in [5.74, 6) is -0.761. The van der Waals surface area contributed by atoms with Gasteiger partial charge in [-0.15, -0.1) is 0 Å². The van der Waals surface area contributed by atoms with Crippen molar-refractivity contribution in [2.75, 3.05) is 0 Å². The van der Waals surface area contributed by atoms with E-state index in [0.717, 1.165) is 11.1 Å². The molecule has 2 heteroatoms. The van der Waals surface area contributed by atoms with Gasteiger partial charge in [-0.25, -0.2) is 0 Å². The first-order valence-electron chi connectivity index (χ1n) is 4.62. The molecule has 0 heterocycles. The highest BCUT2D eigenvalue weighted by Crippen LogP contribution is 2.32. The summed E-state index contributed by atoms with van der Waals surface area (Å²) in [7, 11) is 0. The first-order chi connectivity index (χ1) is 6.62. The molecule has 2 nitrogen and oxygen atoms in total. The molecule has 1 aliphatic carbocycles. The number of carbonyl (C=O) groups is 1. The van der Waals surface area contributed by atoms with Crippen LogP contribution < -0.4 is 0 Å². The molecule has 1 aromatic rings. The summed E-state index contributed by atoms with van der Waals surface area (Å²) in [5, 5.41) is 9.07. The summed E-state index contributed by atoms with van der Waals surface area (Å²) < 4.78 is 0. The van der Waals surface area contributed by atoms with Gasteiger partial charge in [-0.1, -0.05) is 36.4 Å². The third kappa shape index (κ3) is 1.33. The molecule has 0 amide bonds. The third-order valence-electron chi connectivity index (χ3n) is 2.73. The fourth-order valence-electron chi connectivity index (χ4n) is 1.73. The van der Waals surface area contributed by atoms with Gasteiger partial charge in [0, 0.05) is 0 Å². The van der Waals surface area contributed by atoms with Crippen molar-refractivity contribution in [1.82, 2.24) is 0 Å². The van der Waals surface area contributed by atoms with Gasteiger partial charge in [0.25, 0.3) is 0 Å². The first kappa shape index (κ1) is 9.00. The zero-order valence-electron chi connectivity index (χ0n) is 8.03. The number of aliphatic carboxylic acids is 1. The average Bonchev–Trinajstić information content (AvgIpc) is 2.17. The minimum absolute atomic E-state index is 0.578. The van der Waals surface area contributed by atoms with E-state index < -0.39 is 11.4 Å². The zero-order chi connectivity index (χ0) is 10.2. The fraction of sp³-hybridized carbons (Fsp3) is 0.250. The van der Waals surface area contributed by atoms with Crippen LogP contribution in [0.3, 0.4) is 0 Å². The molecule has 0 aliphatic heterocycles. The first-order valence-corrected chi connectivity index (χ1v) is 4.62. The molecule has 1 atom stereocenters. The van der Waals surface area contributed by atoms with Gasteiger partial charge in [-0.05, 0) is 24.5 Å². The molecule has 0 bridgehead atoms. The molecule has 0 radical (unpaired) electrons. The maximum Gasteiger partial charge on any atom is 0.313 e. The van der Waals surface area contributed by atoms with Crippen LogP contribution in [0.2, 0.25) is 0 Å².